The molecule has 2 rings (SSSR count). The maximum Gasteiger partial charge on any atom is 0.266 e. The molecule has 0 radical (unpaired) electrons. The molecule has 0 bridgehead atoms. The van der Waals surface area contributed by atoms with Crippen molar-refractivity contribution in [3.8, 4) is 0 Å². The molecule has 1 unspecified atom stereocenters. The molecule has 33 heavy (non-hydrogen) atoms. The Bertz CT molecular complexity index is 1060. The van der Waals surface area contributed by atoms with Gasteiger partial charge in [-0.05, 0) is 36.8 Å². The van der Waals surface area contributed by atoms with Gasteiger partial charge < -0.3 is 25.8 Å². The van der Waals surface area contributed by atoms with E-state index < -0.39 is 23.9 Å². The largest absolute Gasteiger partial charge is 0.499 e. The van der Waals surface area contributed by atoms with E-state index in [-0.39, 0.29) is 36.9 Å². The van der Waals surface area contributed by atoms with Gasteiger partial charge >= 0.3 is 0 Å². The van der Waals surface area contributed by atoms with Crippen LogP contribution >= 0.6 is 0 Å². The third-order valence-corrected chi connectivity index (χ3v) is 4.29. The first kappa shape index (κ1) is 25.3. The fourth-order valence-electron chi connectivity index (χ4n) is 2.77. The van der Waals surface area contributed by atoms with Crippen molar-refractivity contribution in [2.75, 3.05) is 6.61 Å². The van der Waals surface area contributed by atoms with Crippen LogP contribution in [0.2, 0.25) is 0 Å². The number of amides is 1. The van der Waals surface area contributed by atoms with Gasteiger partial charge in [0.2, 0.25) is 6.35 Å². The molecular formula is C22H25F2N5O4. The second-order valence-corrected chi connectivity index (χ2v) is 6.83. The molecular weight excluding hydrogens is 436 g/mol. The van der Waals surface area contributed by atoms with Gasteiger partial charge in [-0.1, -0.05) is 12.7 Å². The van der Waals surface area contributed by atoms with Crippen molar-refractivity contribution < 1.29 is 23.4 Å². The lowest BCUT2D eigenvalue weighted by atomic mass is 10.2. The highest BCUT2D eigenvalue weighted by Crippen LogP contribution is 2.09. The Morgan fingerprint density at radius 3 is 2.85 bits per heavy atom. The summed E-state index contributed by atoms with van der Waals surface area (Å²) in [6.45, 7) is 5.31. The Morgan fingerprint density at radius 1 is 1.39 bits per heavy atom. The maximum absolute atomic E-state index is 12.6. The Labute approximate surface area is 189 Å². The van der Waals surface area contributed by atoms with E-state index in [0.29, 0.717) is 11.4 Å². The minimum absolute atomic E-state index is 0.104. The Hall–Kier alpha value is -3.99. The molecule has 9 nitrogen and oxygen atoms in total. The predicted molar refractivity (Wildman–Crippen MR) is 119 cm³/mol. The van der Waals surface area contributed by atoms with E-state index in [0.717, 1.165) is 22.9 Å². The second-order valence-electron chi connectivity index (χ2n) is 6.83. The van der Waals surface area contributed by atoms with Gasteiger partial charge in [0.1, 0.15) is 12.2 Å². The molecule has 0 aliphatic carbocycles. The van der Waals surface area contributed by atoms with Crippen molar-refractivity contribution in [2.24, 2.45) is 0 Å². The van der Waals surface area contributed by atoms with Crippen LogP contribution < -0.4 is 21.5 Å². The molecule has 1 aliphatic rings. The van der Waals surface area contributed by atoms with Crippen molar-refractivity contribution in [3.05, 3.63) is 101 Å². The zero-order chi connectivity index (χ0) is 24.2. The molecule has 0 aromatic carbocycles. The van der Waals surface area contributed by atoms with Crippen molar-refractivity contribution >= 4 is 5.91 Å². The third kappa shape index (κ3) is 7.58. The lowest BCUT2D eigenvalue weighted by Crippen LogP contribution is -2.39. The highest BCUT2D eigenvalue weighted by molar-refractivity contribution is 5.93. The van der Waals surface area contributed by atoms with Crippen molar-refractivity contribution in [1.82, 2.24) is 25.5 Å². The number of aromatic nitrogens is 2. The Balaban J connectivity index is 1.98. The number of halogens is 2. The minimum Gasteiger partial charge on any atom is -0.499 e. The van der Waals surface area contributed by atoms with Crippen LogP contribution in [0.4, 0.5) is 8.78 Å². The van der Waals surface area contributed by atoms with Gasteiger partial charge in [0.25, 0.3) is 11.5 Å². The summed E-state index contributed by atoms with van der Waals surface area (Å²) in [5.74, 6) is -0.654. The summed E-state index contributed by atoms with van der Waals surface area (Å²) >= 11 is 0. The molecule has 2 atom stereocenters. The lowest BCUT2D eigenvalue weighted by Gasteiger charge is -2.14. The summed E-state index contributed by atoms with van der Waals surface area (Å²) < 4.78 is 31.3. The van der Waals surface area contributed by atoms with E-state index in [1.54, 1.807) is 13.0 Å². The molecule has 0 saturated heterocycles. The summed E-state index contributed by atoms with van der Waals surface area (Å²) in [7, 11) is 0. The summed E-state index contributed by atoms with van der Waals surface area (Å²) in [6, 6.07) is -0.456. The summed E-state index contributed by atoms with van der Waals surface area (Å²) in [4.78, 5) is 29.0. The highest BCUT2D eigenvalue weighted by Gasteiger charge is 2.17. The lowest BCUT2D eigenvalue weighted by molar-refractivity contribution is 0.0915. The fourth-order valence-corrected chi connectivity index (χ4v) is 2.77. The molecule has 0 fully saturated rings. The van der Waals surface area contributed by atoms with Crippen molar-refractivity contribution in [1.29, 1.82) is 0 Å². The second kappa shape index (κ2) is 12.8. The molecule has 1 aromatic rings. The number of allylic oxidation sites excluding steroid dienone is 6. The number of rotatable bonds is 11. The van der Waals surface area contributed by atoms with E-state index in [1.165, 1.54) is 24.7 Å². The molecule has 176 valence electrons. The van der Waals surface area contributed by atoms with Crippen LogP contribution in [0.3, 0.4) is 0 Å². The van der Waals surface area contributed by atoms with Gasteiger partial charge in [0, 0.05) is 6.20 Å². The first-order valence-corrected chi connectivity index (χ1v) is 9.83. The number of hydrogen-bond donors (Lipinski definition) is 4. The minimum atomic E-state index is -0.917. The average Bonchev–Trinajstić information content (AvgIpc) is 3.15. The standard InChI is InChI=1S/C22H25F2N5O4/c1-3-18-19(28-22(32)27-18)7-10-33-13-15(2)26-20(30)17-11-25-14-29(21(17)31)12-16(6-9-24)5-4-8-23/h3-11,14-15,22,27-28,32H,1,12-13H2,2H3,(H,26,30)/b8-4+,9-6+,10-7+,16-5+/t15-,22?/m1/s1. The number of carbonyl (C=O) groups is 1. The van der Waals surface area contributed by atoms with Gasteiger partial charge in [-0.25, -0.2) is 13.8 Å². The van der Waals surface area contributed by atoms with Gasteiger partial charge in [0.05, 0.1) is 49.2 Å². The molecule has 1 aromatic heterocycles. The average molecular weight is 461 g/mol. The van der Waals surface area contributed by atoms with Crippen molar-refractivity contribution in [2.45, 2.75) is 25.9 Å². The summed E-state index contributed by atoms with van der Waals surface area (Å²) in [5, 5.41) is 17.6. The molecule has 0 saturated carbocycles. The van der Waals surface area contributed by atoms with Gasteiger partial charge in [0.15, 0.2) is 0 Å². The Morgan fingerprint density at radius 2 is 2.15 bits per heavy atom. The number of nitrogens with one attached hydrogen (secondary N) is 3. The molecule has 1 aliphatic heterocycles. The number of hydrogen-bond acceptors (Lipinski definition) is 7. The Kier molecular flexibility index (Phi) is 9.78. The van der Waals surface area contributed by atoms with Crippen LogP contribution in [0.5, 0.6) is 0 Å². The smallest absolute Gasteiger partial charge is 0.266 e. The van der Waals surface area contributed by atoms with E-state index in [4.69, 9.17) is 4.74 Å². The molecule has 1 amide bonds. The van der Waals surface area contributed by atoms with Crippen LogP contribution in [0.25, 0.3) is 0 Å². The van der Waals surface area contributed by atoms with Crippen LogP contribution in [0.1, 0.15) is 17.3 Å². The monoisotopic (exact) mass is 461 g/mol. The third-order valence-electron chi connectivity index (χ3n) is 4.29. The number of ether oxygens (including phenoxy) is 1. The number of nitrogens with zero attached hydrogens (tertiary/aromatic N) is 2. The van der Waals surface area contributed by atoms with Gasteiger partial charge in [-0.15, -0.1) is 0 Å². The number of carbonyl (C=O) groups excluding carboxylic acids is 1. The topological polar surface area (TPSA) is 118 Å². The highest BCUT2D eigenvalue weighted by atomic mass is 19.1. The molecule has 0 spiro atoms. The first-order valence-electron chi connectivity index (χ1n) is 9.83. The SMILES string of the molecule is C=CC1=C(/C=C/OC[C@@H](C)NC(=O)c2cncn(CC(/C=C/F)=C/C=C/F)c2=O)NC(O)N1. The van der Waals surface area contributed by atoms with E-state index in [2.05, 4.69) is 27.5 Å². The number of aliphatic hydroxyl groups excluding tert-OH is 1. The number of aliphatic hydroxyl groups is 1. The predicted octanol–water partition coefficient (Wildman–Crippen LogP) is 1.65. The van der Waals surface area contributed by atoms with Crippen LogP contribution in [0, 0.1) is 0 Å². The van der Waals surface area contributed by atoms with Crippen LogP contribution in [-0.4, -0.2) is 39.6 Å². The van der Waals surface area contributed by atoms with Gasteiger partial charge in [-0.3, -0.25) is 14.2 Å². The molecule has 11 heteroatoms. The van der Waals surface area contributed by atoms with E-state index in [9.17, 15) is 23.5 Å². The van der Waals surface area contributed by atoms with E-state index >= 15 is 0 Å². The molecule has 4 N–H and O–H groups in total. The van der Waals surface area contributed by atoms with Gasteiger partial charge in [-0.2, -0.15) is 0 Å². The van der Waals surface area contributed by atoms with Crippen LogP contribution in [-0.2, 0) is 11.3 Å². The van der Waals surface area contributed by atoms with Crippen LogP contribution in [0.15, 0.2) is 90.2 Å². The normalized spacial score (nSPS) is 17.5. The zero-order valence-corrected chi connectivity index (χ0v) is 17.9. The zero-order valence-electron chi connectivity index (χ0n) is 17.9. The fraction of sp³-hybridized carbons (Fsp3) is 0.227. The summed E-state index contributed by atoms with van der Waals surface area (Å²) in [6.07, 6.45) is 9.87. The molecule has 2 heterocycles. The first-order chi connectivity index (χ1) is 15.9. The maximum atomic E-state index is 12.6. The summed E-state index contributed by atoms with van der Waals surface area (Å²) in [5.41, 5.74) is 0.636. The van der Waals surface area contributed by atoms with E-state index in [1.807, 2.05) is 0 Å². The van der Waals surface area contributed by atoms with Crippen molar-refractivity contribution in [3.63, 3.8) is 0 Å². The quantitative estimate of drug-likeness (QED) is 0.292.